The molecule has 11 rings (SSSR count). The van der Waals surface area contributed by atoms with E-state index in [0.717, 1.165) is 61.3 Å². The summed E-state index contributed by atoms with van der Waals surface area (Å²) in [6.45, 7) is 4.72. The second-order valence-electron chi connectivity index (χ2n) is 16.0. The normalized spacial score (nSPS) is 12.7. The van der Waals surface area contributed by atoms with Gasteiger partial charge in [0.15, 0.2) is 0 Å². The van der Waals surface area contributed by atoms with E-state index >= 15 is 0 Å². The van der Waals surface area contributed by atoms with Crippen molar-refractivity contribution in [2.45, 2.75) is 19.3 Å². The lowest BCUT2D eigenvalue weighted by atomic mass is 9.82. The maximum Gasteiger partial charge on any atom is 0.143 e. The SMILES string of the molecule is CC1(C)c2ccccc2-c2ccc(N(c3ccccc3-c3cccc4c3oc3ccccc34)c3cccc(-c4ccccc4)c3-c3ccccc3-c3ccccc3)cc21. The average Bonchev–Trinajstić information content (AvgIpc) is 3.79. The Kier molecular flexibility index (Phi) is 8.20. The van der Waals surface area contributed by atoms with Crippen molar-refractivity contribution >= 4 is 39.0 Å². The number of hydrogen-bond donors (Lipinski definition) is 0. The molecule has 0 bridgehead atoms. The smallest absolute Gasteiger partial charge is 0.143 e. The number of fused-ring (bicyclic) bond motifs is 6. The second-order valence-corrected chi connectivity index (χ2v) is 16.0. The van der Waals surface area contributed by atoms with Crippen molar-refractivity contribution in [3.8, 4) is 55.6 Å². The highest BCUT2D eigenvalue weighted by atomic mass is 16.3. The molecule has 0 saturated heterocycles. The molecule has 1 aromatic heterocycles. The van der Waals surface area contributed by atoms with E-state index in [1.54, 1.807) is 0 Å². The van der Waals surface area contributed by atoms with Crippen molar-refractivity contribution in [3.63, 3.8) is 0 Å². The van der Waals surface area contributed by atoms with E-state index in [4.69, 9.17) is 4.42 Å². The van der Waals surface area contributed by atoms with Gasteiger partial charge in [0.2, 0.25) is 0 Å². The molecule has 1 aliphatic rings. The van der Waals surface area contributed by atoms with Crippen molar-refractivity contribution in [2.75, 3.05) is 4.90 Å². The molecular formula is C57H41NO. The molecule has 0 unspecified atom stereocenters. The zero-order valence-corrected chi connectivity index (χ0v) is 33.1. The van der Waals surface area contributed by atoms with Gasteiger partial charge >= 0.3 is 0 Å². The molecule has 2 heteroatoms. The lowest BCUT2D eigenvalue weighted by molar-refractivity contribution is 0.660. The number of furan rings is 1. The predicted octanol–water partition coefficient (Wildman–Crippen LogP) is 16.0. The Labute approximate surface area is 345 Å². The fraction of sp³-hybridized carbons (Fsp3) is 0.0526. The molecule has 0 N–H and O–H groups in total. The Hall–Kier alpha value is -7.42. The molecule has 0 fully saturated rings. The number of rotatable bonds is 7. The van der Waals surface area contributed by atoms with Gasteiger partial charge in [-0.05, 0) is 80.4 Å². The van der Waals surface area contributed by atoms with Crippen LogP contribution in [0.15, 0.2) is 217 Å². The van der Waals surface area contributed by atoms with E-state index in [1.807, 2.05) is 6.07 Å². The van der Waals surface area contributed by atoms with Gasteiger partial charge in [-0.25, -0.2) is 0 Å². The first-order valence-electron chi connectivity index (χ1n) is 20.4. The molecule has 0 saturated carbocycles. The third-order valence-corrected chi connectivity index (χ3v) is 12.3. The van der Waals surface area contributed by atoms with Gasteiger partial charge in [0.25, 0.3) is 0 Å². The summed E-state index contributed by atoms with van der Waals surface area (Å²) in [7, 11) is 0. The van der Waals surface area contributed by atoms with Crippen LogP contribution in [0.3, 0.4) is 0 Å². The molecule has 0 amide bonds. The van der Waals surface area contributed by atoms with Crippen LogP contribution in [0.2, 0.25) is 0 Å². The molecule has 0 atom stereocenters. The van der Waals surface area contributed by atoms with Crippen LogP contribution < -0.4 is 4.90 Å². The maximum atomic E-state index is 6.72. The van der Waals surface area contributed by atoms with E-state index in [9.17, 15) is 0 Å². The van der Waals surface area contributed by atoms with Crippen LogP contribution >= 0.6 is 0 Å². The number of hydrogen-bond acceptors (Lipinski definition) is 2. The summed E-state index contributed by atoms with van der Waals surface area (Å²) in [5.41, 5.74) is 19.3. The van der Waals surface area contributed by atoms with Gasteiger partial charge in [-0.15, -0.1) is 0 Å². The second kappa shape index (κ2) is 13.9. The van der Waals surface area contributed by atoms with Crippen LogP contribution in [0, 0.1) is 0 Å². The van der Waals surface area contributed by atoms with Crippen molar-refractivity contribution in [3.05, 3.63) is 223 Å². The summed E-state index contributed by atoms with van der Waals surface area (Å²) in [6, 6.07) is 76.9. The van der Waals surface area contributed by atoms with Gasteiger partial charge in [-0.3, -0.25) is 0 Å². The highest BCUT2D eigenvalue weighted by Gasteiger charge is 2.36. The van der Waals surface area contributed by atoms with Crippen LogP contribution in [0.25, 0.3) is 77.6 Å². The zero-order chi connectivity index (χ0) is 39.5. The van der Waals surface area contributed by atoms with E-state index in [0.29, 0.717) is 0 Å². The van der Waals surface area contributed by atoms with Gasteiger partial charge < -0.3 is 9.32 Å². The van der Waals surface area contributed by atoms with E-state index in [1.165, 1.54) is 44.5 Å². The number of nitrogens with zero attached hydrogens (tertiary/aromatic N) is 1. The van der Waals surface area contributed by atoms with Crippen LogP contribution in [0.5, 0.6) is 0 Å². The maximum absolute atomic E-state index is 6.72. The molecule has 1 aliphatic carbocycles. The Morgan fingerprint density at radius 2 is 0.915 bits per heavy atom. The first-order valence-corrected chi connectivity index (χ1v) is 20.4. The summed E-state index contributed by atoms with van der Waals surface area (Å²) in [4.78, 5) is 2.50. The molecule has 1 heterocycles. The van der Waals surface area contributed by atoms with Gasteiger partial charge in [0.1, 0.15) is 11.2 Å². The Morgan fingerprint density at radius 1 is 0.373 bits per heavy atom. The minimum atomic E-state index is -0.179. The fourth-order valence-electron chi connectivity index (χ4n) is 9.53. The summed E-state index contributed by atoms with van der Waals surface area (Å²) < 4.78 is 6.72. The Bertz CT molecular complexity index is 3190. The van der Waals surface area contributed by atoms with Crippen molar-refractivity contribution in [2.24, 2.45) is 0 Å². The standard InChI is InChI=1S/C57H41NO/c1-57(2)50-31-14-11-24-43(50)44-36-35-40(37-51(44)57)58(52-32-15-12-25-45(52)48-29-17-30-49-46-26-13-16-34-54(46)59-56(48)49)53-33-18-28-42(39-21-7-4-8-22-39)55(53)47-27-10-9-23-41(47)38-19-5-3-6-20-38/h3-37H,1-2H3. The molecule has 9 aromatic carbocycles. The van der Waals surface area contributed by atoms with Crippen LogP contribution in [0.4, 0.5) is 17.1 Å². The van der Waals surface area contributed by atoms with Crippen LogP contribution in [-0.2, 0) is 5.41 Å². The number of benzene rings is 9. The third-order valence-electron chi connectivity index (χ3n) is 12.3. The van der Waals surface area contributed by atoms with Crippen LogP contribution in [0.1, 0.15) is 25.0 Å². The van der Waals surface area contributed by atoms with Crippen LogP contribution in [-0.4, -0.2) is 0 Å². The zero-order valence-electron chi connectivity index (χ0n) is 33.1. The third kappa shape index (κ3) is 5.63. The average molecular weight is 756 g/mol. The summed E-state index contributed by atoms with van der Waals surface area (Å²) in [5, 5.41) is 2.23. The summed E-state index contributed by atoms with van der Waals surface area (Å²) in [5.74, 6) is 0. The van der Waals surface area contributed by atoms with Gasteiger partial charge in [-0.1, -0.05) is 196 Å². The van der Waals surface area contributed by atoms with E-state index in [-0.39, 0.29) is 5.41 Å². The van der Waals surface area contributed by atoms with Crippen molar-refractivity contribution in [1.82, 2.24) is 0 Å². The highest BCUT2D eigenvalue weighted by molar-refractivity contribution is 6.11. The molecule has 0 radical (unpaired) electrons. The highest BCUT2D eigenvalue weighted by Crippen LogP contribution is 2.54. The van der Waals surface area contributed by atoms with E-state index < -0.39 is 0 Å². The largest absolute Gasteiger partial charge is 0.455 e. The predicted molar refractivity (Wildman–Crippen MR) is 248 cm³/mol. The molecule has 0 aliphatic heterocycles. The number of para-hydroxylation sites is 3. The lowest BCUT2D eigenvalue weighted by Crippen LogP contribution is -2.17. The quantitative estimate of drug-likeness (QED) is 0.161. The molecular weight excluding hydrogens is 715 g/mol. The molecule has 2 nitrogen and oxygen atoms in total. The lowest BCUT2D eigenvalue weighted by Gasteiger charge is -2.32. The molecule has 10 aromatic rings. The minimum absolute atomic E-state index is 0.179. The van der Waals surface area contributed by atoms with Crippen molar-refractivity contribution < 1.29 is 4.42 Å². The first kappa shape index (κ1) is 34.8. The monoisotopic (exact) mass is 755 g/mol. The Balaban J connectivity index is 1.24. The van der Waals surface area contributed by atoms with Gasteiger partial charge in [0, 0.05) is 38.6 Å². The van der Waals surface area contributed by atoms with E-state index in [2.05, 4.69) is 225 Å². The first-order chi connectivity index (χ1) is 29.1. The summed E-state index contributed by atoms with van der Waals surface area (Å²) in [6.07, 6.45) is 0. The summed E-state index contributed by atoms with van der Waals surface area (Å²) >= 11 is 0. The van der Waals surface area contributed by atoms with Crippen molar-refractivity contribution in [1.29, 1.82) is 0 Å². The fourth-order valence-corrected chi connectivity index (χ4v) is 9.53. The minimum Gasteiger partial charge on any atom is -0.455 e. The molecule has 0 spiro atoms. The topological polar surface area (TPSA) is 16.4 Å². The van der Waals surface area contributed by atoms with Gasteiger partial charge in [-0.2, -0.15) is 0 Å². The molecule has 280 valence electrons. The molecule has 59 heavy (non-hydrogen) atoms. The Morgan fingerprint density at radius 3 is 1.71 bits per heavy atom. The number of anilines is 3. The van der Waals surface area contributed by atoms with Gasteiger partial charge in [0.05, 0.1) is 11.4 Å².